The predicted octanol–water partition coefficient (Wildman–Crippen LogP) is 2.21. The Kier molecular flexibility index (Phi) is 3.16. The maximum absolute atomic E-state index is 10.7. The van der Waals surface area contributed by atoms with Crippen molar-refractivity contribution in [2.45, 2.75) is 49.7 Å². The van der Waals surface area contributed by atoms with E-state index in [0.717, 1.165) is 12.8 Å². The molecular weight excluding hydrogens is 238 g/mol. The molecule has 1 heterocycles. The first kappa shape index (κ1) is 12.4. The van der Waals surface area contributed by atoms with Crippen molar-refractivity contribution in [1.29, 1.82) is 0 Å². The second-order valence-electron chi connectivity index (χ2n) is 5.30. The average molecular weight is 255 g/mol. The molecule has 1 fully saturated rings. The predicted molar refractivity (Wildman–Crippen MR) is 66.4 cm³/mol. The third-order valence-corrected chi connectivity index (χ3v) is 4.31. The molecule has 0 amide bonds. The molecule has 1 aromatic rings. The van der Waals surface area contributed by atoms with E-state index in [9.17, 15) is 4.79 Å². The van der Waals surface area contributed by atoms with Gasteiger partial charge in [0.2, 0.25) is 0 Å². The molecule has 5 nitrogen and oxygen atoms in total. The van der Waals surface area contributed by atoms with Crippen molar-refractivity contribution < 1.29 is 9.90 Å². The van der Waals surface area contributed by atoms with Crippen LogP contribution in [-0.4, -0.2) is 36.1 Å². The lowest BCUT2D eigenvalue weighted by atomic mass is 9.92. The van der Waals surface area contributed by atoms with E-state index in [1.54, 1.807) is 4.68 Å². The summed E-state index contributed by atoms with van der Waals surface area (Å²) < 4.78 is 1.93. The van der Waals surface area contributed by atoms with E-state index in [4.69, 9.17) is 5.11 Å². The first-order chi connectivity index (χ1) is 7.87. The van der Waals surface area contributed by atoms with Crippen LogP contribution in [0.1, 0.15) is 50.1 Å². The number of thioether (sulfide) groups is 1. The highest BCUT2D eigenvalue weighted by Gasteiger charge is 2.36. The highest BCUT2D eigenvalue weighted by atomic mass is 32.2. The summed E-state index contributed by atoms with van der Waals surface area (Å²) >= 11 is 1.93. The molecule has 0 saturated heterocycles. The van der Waals surface area contributed by atoms with Gasteiger partial charge in [0, 0.05) is 10.00 Å². The lowest BCUT2D eigenvalue weighted by molar-refractivity contribution is 0.0690. The molecule has 6 heteroatoms. The van der Waals surface area contributed by atoms with Gasteiger partial charge in [-0.2, -0.15) is 11.8 Å². The fourth-order valence-electron chi connectivity index (χ4n) is 1.88. The van der Waals surface area contributed by atoms with Crippen LogP contribution in [0.4, 0.5) is 0 Å². The van der Waals surface area contributed by atoms with Crippen LogP contribution < -0.4 is 0 Å². The van der Waals surface area contributed by atoms with E-state index in [1.165, 1.54) is 6.20 Å². The van der Waals surface area contributed by atoms with E-state index in [2.05, 4.69) is 31.1 Å². The molecule has 1 saturated carbocycles. The largest absolute Gasteiger partial charge is 0.476 e. The van der Waals surface area contributed by atoms with Crippen LogP contribution in [0.2, 0.25) is 0 Å². The molecule has 94 valence electrons. The Bertz CT molecular complexity index is 425. The maximum atomic E-state index is 10.7. The number of hydrogen-bond acceptors (Lipinski definition) is 4. The van der Waals surface area contributed by atoms with Gasteiger partial charge in [-0.1, -0.05) is 26.0 Å². The molecule has 2 rings (SSSR count). The van der Waals surface area contributed by atoms with E-state index in [1.807, 2.05) is 11.8 Å². The summed E-state index contributed by atoms with van der Waals surface area (Å²) in [6, 6.07) is 0.292. The Morgan fingerprint density at radius 3 is 2.65 bits per heavy atom. The van der Waals surface area contributed by atoms with Crippen LogP contribution in [0.15, 0.2) is 6.20 Å². The van der Waals surface area contributed by atoms with Gasteiger partial charge in [-0.3, -0.25) is 0 Å². The number of aromatic carboxylic acids is 1. The van der Waals surface area contributed by atoms with Crippen LogP contribution in [-0.2, 0) is 0 Å². The zero-order valence-electron chi connectivity index (χ0n) is 10.3. The standard InChI is InChI=1S/C11H17N3O2S/c1-11(2,3)17-9-5-4-8(9)14-6-7(10(15)16)12-13-14/h6,8-9H,4-5H2,1-3H3,(H,15,16). The summed E-state index contributed by atoms with van der Waals surface area (Å²) in [6.45, 7) is 6.57. The lowest BCUT2D eigenvalue weighted by Gasteiger charge is -2.39. The molecule has 0 spiro atoms. The van der Waals surface area contributed by atoms with Crippen molar-refractivity contribution in [3.63, 3.8) is 0 Å². The molecule has 0 aliphatic heterocycles. The van der Waals surface area contributed by atoms with Gasteiger partial charge in [-0.05, 0) is 12.8 Å². The minimum Gasteiger partial charge on any atom is -0.476 e. The van der Waals surface area contributed by atoms with Gasteiger partial charge in [0.25, 0.3) is 0 Å². The van der Waals surface area contributed by atoms with Crippen LogP contribution in [0.5, 0.6) is 0 Å². The summed E-state index contributed by atoms with van der Waals surface area (Å²) in [5, 5.41) is 16.9. The van der Waals surface area contributed by atoms with Crippen LogP contribution in [0, 0.1) is 0 Å². The molecule has 0 aromatic carbocycles. The van der Waals surface area contributed by atoms with Gasteiger partial charge in [0.15, 0.2) is 5.69 Å². The SMILES string of the molecule is CC(C)(C)SC1CCC1n1cc(C(=O)O)nn1. The number of carboxylic acid groups (broad SMARTS) is 1. The van der Waals surface area contributed by atoms with Gasteiger partial charge >= 0.3 is 5.97 Å². The first-order valence-corrected chi connectivity index (χ1v) is 6.58. The summed E-state index contributed by atoms with van der Waals surface area (Å²) in [5.74, 6) is -1.02. The number of hydrogen-bond donors (Lipinski definition) is 1. The fraction of sp³-hybridized carbons (Fsp3) is 0.727. The van der Waals surface area contributed by atoms with E-state index >= 15 is 0 Å². The molecule has 17 heavy (non-hydrogen) atoms. The molecule has 1 aliphatic carbocycles. The number of carboxylic acids is 1. The van der Waals surface area contributed by atoms with Gasteiger partial charge in [-0.15, -0.1) is 5.10 Å². The van der Waals surface area contributed by atoms with Crippen molar-refractivity contribution >= 4 is 17.7 Å². The smallest absolute Gasteiger partial charge is 0.358 e. The molecule has 0 radical (unpaired) electrons. The summed E-state index contributed by atoms with van der Waals surface area (Å²) in [5.41, 5.74) is 0.0245. The van der Waals surface area contributed by atoms with Gasteiger partial charge < -0.3 is 5.11 Å². The fourth-order valence-corrected chi connectivity index (χ4v) is 3.46. The third kappa shape index (κ3) is 2.80. The molecule has 2 atom stereocenters. The highest BCUT2D eigenvalue weighted by Crippen LogP contribution is 2.45. The molecule has 1 N–H and O–H groups in total. The topological polar surface area (TPSA) is 68.0 Å². The van der Waals surface area contributed by atoms with Crippen LogP contribution >= 0.6 is 11.8 Å². The third-order valence-electron chi connectivity index (χ3n) is 2.75. The second kappa shape index (κ2) is 4.33. The van der Waals surface area contributed by atoms with Crippen molar-refractivity contribution in [1.82, 2.24) is 15.0 Å². The quantitative estimate of drug-likeness (QED) is 0.896. The molecule has 1 aliphatic rings. The summed E-state index contributed by atoms with van der Waals surface area (Å²) in [6.07, 6.45) is 3.74. The summed E-state index contributed by atoms with van der Waals surface area (Å²) in [4.78, 5) is 10.7. The Labute approximate surface area is 105 Å². The minimum absolute atomic E-state index is 0.0245. The highest BCUT2D eigenvalue weighted by molar-refractivity contribution is 8.01. The summed E-state index contributed by atoms with van der Waals surface area (Å²) in [7, 11) is 0. The minimum atomic E-state index is -1.02. The molecule has 0 bridgehead atoms. The first-order valence-electron chi connectivity index (χ1n) is 5.70. The maximum Gasteiger partial charge on any atom is 0.358 e. The molecule has 2 unspecified atom stereocenters. The molecular formula is C11H17N3O2S. The lowest BCUT2D eigenvalue weighted by Crippen LogP contribution is -2.34. The van der Waals surface area contributed by atoms with Crippen molar-refractivity contribution in [3.05, 3.63) is 11.9 Å². The van der Waals surface area contributed by atoms with Gasteiger partial charge in [-0.25, -0.2) is 9.48 Å². The van der Waals surface area contributed by atoms with E-state index in [-0.39, 0.29) is 10.4 Å². The monoisotopic (exact) mass is 255 g/mol. The second-order valence-corrected chi connectivity index (χ2v) is 7.37. The number of aromatic nitrogens is 3. The number of rotatable bonds is 3. The van der Waals surface area contributed by atoms with Crippen molar-refractivity contribution in [2.75, 3.05) is 0 Å². The van der Waals surface area contributed by atoms with E-state index in [0.29, 0.717) is 11.3 Å². The average Bonchev–Trinajstić information content (AvgIpc) is 2.60. The van der Waals surface area contributed by atoms with Crippen LogP contribution in [0.25, 0.3) is 0 Å². The van der Waals surface area contributed by atoms with Gasteiger partial charge in [0.05, 0.1) is 12.2 Å². The Balaban J connectivity index is 2.05. The number of carbonyl (C=O) groups is 1. The zero-order chi connectivity index (χ0) is 12.6. The Hall–Kier alpha value is -1.04. The Morgan fingerprint density at radius 2 is 2.24 bits per heavy atom. The Morgan fingerprint density at radius 1 is 1.53 bits per heavy atom. The van der Waals surface area contributed by atoms with Crippen molar-refractivity contribution in [3.8, 4) is 0 Å². The van der Waals surface area contributed by atoms with Crippen LogP contribution in [0.3, 0.4) is 0 Å². The molecule has 1 aromatic heterocycles. The van der Waals surface area contributed by atoms with Gasteiger partial charge in [0.1, 0.15) is 0 Å². The number of nitrogens with zero attached hydrogens (tertiary/aromatic N) is 3. The zero-order valence-corrected chi connectivity index (χ0v) is 11.1. The normalized spacial score (nSPS) is 24.4. The van der Waals surface area contributed by atoms with E-state index < -0.39 is 5.97 Å². The van der Waals surface area contributed by atoms with Crippen molar-refractivity contribution in [2.24, 2.45) is 0 Å².